The predicted molar refractivity (Wildman–Crippen MR) is 60.9 cm³/mol. The minimum atomic E-state index is -0.549. The van der Waals surface area contributed by atoms with E-state index in [9.17, 15) is 9.59 Å². The Labute approximate surface area is 96.4 Å². The van der Waals surface area contributed by atoms with Crippen LogP contribution in [0.4, 0.5) is 0 Å². The second-order valence-electron chi connectivity index (χ2n) is 3.64. The number of ketones is 1. The van der Waals surface area contributed by atoms with E-state index in [0.29, 0.717) is 16.1 Å². The van der Waals surface area contributed by atoms with Gasteiger partial charge in [-0.2, -0.15) is 0 Å². The molecule has 0 aliphatic rings. The van der Waals surface area contributed by atoms with Crippen LogP contribution >= 0.6 is 11.6 Å². The summed E-state index contributed by atoms with van der Waals surface area (Å²) in [6, 6.07) is 4.31. The number of carbonyl (C=O) groups excluding carboxylic acids is 1. The number of Topliss-reactive ketones (excluding diaryl/α,β-unsaturated/α-hetero) is 1. The molecule has 1 aromatic heterocycles. The summed E-state index contributed by atoms with van der Waals surface area (Å²) in [5, 5.41) is 0.498. The first-order valence-corrected chi connectivity index (χ1v) is 5.19. The van der Waals surface area contributed by atoms with Crippen LogP contribution in [0.2, 0.25) is 5.02 Å². The van der Waals surface area contributed by atoms with Gasteiger partial charge in [0.2, 0.25) is 0 Å². The summed E-state index contributed by atoms with van der Waals surface area (Å²) < 4.78 is 6.33. The lowest BCUT2D eigenvalue weighted by Crippen LogP contribution is -2.23. The van der Waals surface area contributed by atoms with Gasteiger partial charge in [0, 0.05) is 5.02 Å². The standard InChI is InChI=1S/C11H10ClNO3/c1-6(7(2)14)13-9-5-8(12)3-4-10(9)16-11(13)15/h3-6H,1-2H3/t6-/m1/s1. The molecule has 16 heavy (non-hydrogen) atoms. The zero-order valence-electron chi connectivity index (χ0n) is 8.86. The van der Waals surface area contributed by atoms with E-state index in [0.717, 1.165) is 0 Å². The van der Waals surface area contributed by atoms with E-state index in [4.69, 9.17) is 16.0 Å². The molecule has 1 aromatic carbocycles. The lowest BCUT2D eigenvalue weighted by Gasteiger charge is -2.07. The van der Waals surface area contributed by atoms with Crippen molar-refractivity contribution in [1.82, 2.24) is 4.57 Å². The van der Waals surface area contributed by atoms with Crippen LogP contribution in [0.5, 0.6) is 0 Å². The van der Waals surface area contributed by atoms with Crippen molar-refractivity contribution in [3.63, 3.8) is 0 Å². The number of hydrogen-bond donors (Lipinski definition) is 0. The molecule has 2 aromatic rings. The van der Waals surface area contributed by atoms with Gasteiger partial charge in [-0.05, 0) is 32.0 Å². The summed E-state index contributed by atoms with van der Waals surface area (Å²) >= 11 is 5.84. The second kappa shape index (κ2) is 3.79. The number of rotatable bonds is 2. The highest BCUT2D eigenvalue weighted by Gasteiger charge is 2.18. The number of benzene rings is 1. The normalized spacial score (nSPS) is 12.9. The molecule has 4 nitrogen and oxygen atoms in total. The van der Waals surface area contributed by atoms with Gasteiger partial charge in [-0.3, -0.25) is 9.36 Å². The molecule has 0 saturated heterocycles. The van der Waals surface area contributed by atoms with Gasteiger partial charge < -0.3 is 4.42 Å². The third-order valence-corrected chi connectivity index (χ3v) is 2.79. The van der Waals surface area contributed by atoms with E-state index < -0.39 is 11.8 Å². The van der Waals surface area contributed by atoms with Gasteiger partial charge in [-0.15, -0.1) is 0 Å². The molecule has 0 N–H and O–H groups in total. The van der Waals surface area contributed by atoms with E-state index in [-0.39, 0.29) is 5.78 Å². The third kappa shape index (κ3) is 1.65. The highest BCUT2D eigenvalue weighted by molar-refractivity contribution is 6.31. The molecule has 0 aliphatic heterocycles. The van der Waals surface area contributed by atoms with Gasteiger partial charge in [-0.25, -0.2) is 4.79 Å². The Kier molecular flexibility index (Phi) is 2.59. The van der Waals surface area contributed by atoms with Gasteiger partial charge in [0.05, 0.1) is 11.6 Å². The Hall–Kier alpha value is -1.55. The van der Waals surface area contributed by atoms with Crippen molar-refractivity contribution >= 4 is 28.5 Å². The molecule has 5 heteroatoms. The van der Waals surface area contributed by atoms with E-state index in [1.54, 1.807) is 25.1 Å². The number of nitrogens with zero attached hydrogens (tertiary/aromatic N) is 1. The number of halogens is 1. The first-order chi connectivity index (χ1) is 7.50. The van der Waals surface area contributed by atoms with Crippen molar-refractivity contribution in [2.24, 2.45) is 0 Å². The first-order valence-electron chi connectivity index (χ1n) is 4.81. The fraction of sp³-hybridized carbons (Fsp3) is 0.273. The van der Waals surface area contributed by atoms with Crippen molar-refractivity contribution in [2.45, 2.75) is 19.9 Å². The molecule has 0 aliphatic carbocycles. The van der Waals surface area contributed by atoms with Crippen LogP contribution in [0, 0.1) is 0 Å². The van der Waals surface area contributed by atoms with Gasteiger partial charge >= 0.3 is 5.76 Å². The molecule has 84 valence electrons. The first kappa shape index (κ1) is 11.0. The number of oxazole rings is 1. The van der Waals surface area contributed by atoms with Gasteiger partial charge in [0.25, 0.3) is 0 Å². The Morgan fingerprint density at radius 3 is 2.81 bits per heavy atom. The Morgan fingerprint density at radius 2 is 2.19 bits per heavy atom. The largest absolute Gasteiger partial charge is 0.420 e. The molecule has 0 bridgehead atoms. The quantitative estimate of drug-likeness (QED) is 0.809. The van der Waals surface area contributed by atoms with Crippen molar-refractivity contribution in [2.75, 3.05) is 0 Å². The minimum absolute atomic E-state index is 0.107. The summed E-state index contributed by atoms with van der Waals surface area (Å²) in [5.41, 5.74) is 0.975. The zero-order chi connectivity index (χ0) is 11.9. The molecule has 0 spiro atoms. The molecular formula is C11H10ClNO3. The van der Waals surface area contributed by atoms with Crippen molar-refractivity contribution in [1.29, 1.82) is 0 Å². The highest BCUT2D eigenvalue weighted by Crippen LogP contribution is 2.21. The topological polar surface area (TPSA) is 52.2 Å². The molecule has 0 saturated carbocycles. The van der Waals surface area contributed by atoms with Crippen LogP contribution < -0.4 is 5.76 Å². The number of aromatic nitrogens is 1. The van der Waals surface area contributed by atoms with Crippen LogP contribution in [0.25, 0.3) is 11.1 Å². The molecule has 1 heterocycles. The smallest absolute Gasteiger partial charge is 0.408 e. The maximum Gasteiger partial charge on any atom is 0.420 e. The summed E-state index contributed by atoms with van der Waals surface area (Å²) in [4.78, 5) is 22.9. The zero-order valence-corrected chi connectivity index (χ0v) is 9.62. The minimum Gasteiger partial charge on any atom is -0.408 e. The van der Waals surface area contributed by atoms with Crippen molar-refractivity contribution < 1.29 is 9.21 Å². The summed E-state index contributed by atoms with van der Waals surface area (Å²) in [6.07, 6.45) is 0. The molecule has 0 radical (unpaired) electrons. The Morgan fingerprint density at radius 1 is 1.50 bits per heavy atom. The van der Waals surface area contributed by atoms with E-state index in [1.807, 2.05) is 0 Å². The number of hydrogen-bond acceptors (Lipinski definition) is 3. The predicted octanol–water partition coefficient (Wildman–Crippen LogP) is 2.40. The summed E-state index contributed by atoms with van der Waals surface area (Å²) in [6.45, 7) is 3.08. The molecule has 0 unspecified atom stereocenters. The van der Waals surface area contributed by atoms with Gasteiger partial charge in [0.15, 0.2) is 11.4 Å². The fourth-order valence-corrected chi connectivity index (χ4v) is 1.72. The summed E-state index contributed by atoms with van der Waals surface area (Å²) in [5.74, 6) is -0.648. The van der Waals surface area contributed by atoms with E-state index in [2.05, 4.69) is 0 Å². The molecule has 0 fully saturated rings. The maximum atomic E-state index is 11.6. The van der Waals surface area contributed by atoms with E-state index >= 15 is 0 Å². The number of fused-ring (bicyclic) bond motifs is 1. The van der Waals surface area contributed by atoms with Crippen LogP contribution in [-0.2, 0) is 4.79 Å². The molecule has 1 atom stereocenters. The van der Waals surface area contributed by atoms with Crippen LogP contribution in [0.15, 0.2) is 27.4 Å². The Balaban J connectivity index is 2.77. The lowest BCUT2D eigenvalue weighted by atomic mass is 10.2. The lowest BCUT2D eigenvalue weighted by molar-refractivity contribution is -0.119. The van der Waals surface area contributed by atoms with Crippen molar-refractivity contribution in [3.8, 4) is 0 Å². The average molecular weight is 240 g/mol. The van der Waals surface area contributed by atoms with E-state index in [1.165, 1.54) is 11.5 Å². The summed E-state index contributed by atoms with van der Waals surface area (Å²) in [7, 11) is 0. The molecule has 0 amide bonds. The van der Waals surface area contributed by atoms with Gasteiger partial charge in [0.1, 0.15) is 0 Å². The monoisotopic (exact) mass is 239 g/mol. The SMILES string of the molecule is CC(=O)[C@@H](C)n1c(=O)oc2ccc(Cl)cc21. The van der Waals surface area contributed by atoms with Crippen molar-refractivity contribution in [3.05, 3.63) is 33.8 Å². The average Bonchev–Trinajstić information content (AvgIpc) is 2.52. The maximum absolute atomic E-state index is 11.6. The Bertz CT molecular complexity index is 611. The number of carbonyl (C=O) groups is 1. The molecule has 2 rings (SSSR count). The van der Waals surface area contributed by atoms with Crippen LogP contribution in [0.3, 0.4) is 0 Å². The highest BCUT2D eigenvalue weighted by atomic mass is 35.5. The van der Waals surface area contributed by atoms with Crippen LogP contribution in [-0.4, -0.2) is 10.4 Å². The van der Waals surface area contributed by atoms with Crippen LogP contribution in [0.1, 0.15) is 19.9 Å². The second-order valence-corrected chi connectivity index (χ2v) is 4.07. The molecular weight excluding hydrogens is 230 g/mol. The van der Waals surface area contributed by atoms with Gasteiger partial charge in [-0.1, -0.05) is 11.6 Å². The third-order valence-electron chi connectivity index (χ3n) is 2.55. The fourth-order valence-electron chi connectivity index (χ4n) is 1.56.